The molecule has 0 fully saturated rings. The highest BCUT2D eigenvalue weighted by molar-refractivity contribution is 7.90. The van der Waals surface area contributed by atoms with E-state index < -0.39 is 21.7 Å². The van der Waals surface area contributed by atoms with E-state index >= 15 is 0 Å². The van der Waals surface area contributed by atoms with Gasteiger partial charge in [-0.2, -0.15) is 4.99 Å². The summed E-state index contributed by atoms with van der Waals surface area (Å²) in [6.07, 6.45) is 0.230. The van der Waals surface area contributed by atoms with Crippen molar-refractivity contribution >= 4 is 43.3 Å². The molecule has 0 aliphatic heterocycles. The molecule has 1 amide bonds. The molecule has 0 unspecified atom stereocenters. The standard InChI is InChI=1S/C24H28N2O6S2/c1-3-32-23(28)19-11-12-20-21(16-19)33-24(26(20)13-14-31-2)25-22(27)10-7-15-34(29,30)17-18-8-5-4-6-9-18/h4-6,8-9,11-12,16H,3,7,10,13-15,17H2,1-2H3. The maximum absolute atomic E-state index is 12.5. The Hall–Kier alpha value is -2.82. The first-order chi connectivity index (χ1) is 16.3. The van der Waals surface area contributed by atoms with Gasteiger partial charge in [-0.3, -0.25) is 4.79 Å². The van der Waals surface area contributed by atoms with Crippen molar-refractivity contribution in [1.29, 1.82) is 0 Å². The van der Waals surface area contributed by atoms with Gasteiger partial charge in [0, 0.05) is 20.1 Å². The fourth-order valence-electron chi connectivity index (χ4n) is 3.40. The van der Waals surface area contributed by atoms with Crippen molar-refractivity contribution < 1.29 is 27.5 Å². The molecule has 0 N–H and O–H groups in total. The molecule has 0 atom stereocenters. The fourth-order valence-corrected chi connectivity index (χ4v) is 5.95. The molecule has 3 rings (SSSR count). The van der Waals surface area contributed by atoms with Gasteiger partial charge >= 0.3 is 5.97 Å². The van der Waals surface area contributed by atoms with Crippen LogP contribution >= 0.6 is 11.3 Å². The summed E-state index contributed by atoms with van der Waals surface area (Å²) >= 11 is 1.29. The number of ether oxygens (including phenoxy) is 2. The molecule has 182 valence electrons. The van der Waals surface area contributed by atoms with Crippen LogP contribution in [-0.4, -0.2) is 50.9 Å². The number of sulfone groups is 1. The minimum absolute atomic E-state index is 0.0284. The Kier molecular flexibility index (Phi) is 9.14. The minimum Gasteiger partial charge on any atom is -0.462 e. The van der Waals surface area contributed by atoms with Gasteiger partial charge in [-0.15, -0.1) is 0 Å². The highest BCUT2D eigenvalue weighted by Crippen LogP contribution is 2.20. The van der Waals surface area contributed by atoms with Crippen molar-refractivity contribution in [2.45, 2.75) is 32.1 Å². The molecule has 34 heavy (non-hydrogen) atoms. The average molecular weight is 505 g/mol. The van der Waals surface area contributed by atoms with Gasteiger partial charge in [0.25, 0.3) is 0 Å². The van der Waals surface area contributed by atoms with Crippen LogP contribution in [0.1, 0.15) is 35.7 Å². The lowest BCUT2D eigenvalue weighted by Gasteiger charge is -2.05. The summed E-state index contributed by atoms with van der Waals surface area (Å²) < 4.78 is 37.6. The Balaban J connectivity index is 1.75. The van der Waals surface area contributed by atoms with Crippen LogP contribution in [0.25, 0.3) is 10.2 Å². The van der Waals surface area contributed by atoms with Crippen molar-refractivity contribution in [2.75, 3.05) is 26.1 Å². The molecule has 0 spiro atoms. The van der Waals surface area contributed by atoms with Crippen molar-refractivity contribution in [2.24, 2.45) is 4.99 Å². The van der Waals surface area contributed by atoms with Crippen LogP contribution < -0.4 is 4.80 Å². The van der Waals surface area contributed by atoms with Gasteiger partial charge in [-0.1, -0.05) is 41.7 Å². The number of amides is 1. The number of carbonyl (C=O) groups excluding carboxylic acids is 2. The Bertz CT molecular complexity index is 1310. The summed E-state index contributed by atoms with van der Waals surface area (Å²) in [5.74, 6) is -0.928. The van der Waals surface area contributed by atoms with Crippen LogP contribution in [0.2, 0.25) is 0 Å². The Morgan fingerprint density at radius 1 is 1.12 bits per heavy atom. The molecule has 1 aromatic heterocycles. The summed E-state index contributed by atoms with van der Waals surface area (Å²) in [7, 11) is -1.73. The normalized spacial score (nSPS) is 12.2. The first-order valence-electron chi connectivity index (χ1n) is 10.9. The molecule has 3 aromatic rings. The Morgan fingerprint density at radius 3 is 2.59 bits per heavy atom. The molecule has 10 heteroatoms. The minimum atomic E-state index is -3.32. The summed E-state index contributed by atoms with van der Waals surface area (Å²) in [6, 6.07) is 14.2. The molecule has 0 saturated carbocycles. The number of hydrogen-bond donors (Lipinski definition) is 0. The van der Waals surface area contributed by atoms with Crippen molar-refractivity contribution in [1.82, 2.24) is 4.57 Å². The zero-order valence-electron chi connectivity index (χ0n) is 19.2. The maximum Gasteiger partial charge on any atom is 0.338 e. The number of aromatic nitrogens is 1. The first-order valence-corrected chi connectivity index (χ1v) is 13.6. The third kappa shape index (κ3) is 7.09. The van der Waals surface area contributed by atoms with E-state index in [9.17, 15) is 18.0 Å². The SMILES string of the molecule is CCOC(=O)c1ccc2c(c1)sc(=NC(=O)CCCS(=O)(=O)Cc1ccccc1)n2CCOC. The average Bonchev–Trinajstić information content (AvgIpc) is 3.13. The molecule has 8 nitrogen and oxygen atoms in total. The number of rotatable bonds is 11. The van der Waals surface area contributed by atoms with Gasteiger partial charge in [0.05, 0.1) is 40.5 Å². The van der Waals surface area contributed by atoms with E-state index in [1.807, 2.05) is 10.6 Å². The molecular formula is C24H28N2O6S2. The lowest BCUT2D eigenvalue weighted by Crippen LogP contribution is -2.19. The topological polar surface area (TPSA) is 104 Å². The quantitative estimate of drug-likeness (QED) is 0.371. The maximum atomic E-state index is 12.5. The predicted octanol–water partition coefficient (Wildman–Crippen LogP) is 3.35. The lowest BCUT2D eigenvalue weighted by molar-refractivity contribution is -0.118. The van der Waals surface area contributed by atoms with E-state index in [0.29, 0.717) is 23.5 Å². The molecule has 1 heterocycles. The van der Waals surface area contributed by atoms with Crippen molar-refractivity contribution in [3.63, 3.8) is 0 Å². The summed E-state index contributed by atoms with van der Waals surface area (Å²) in [6.45, 7) is 2.93. The number of esters is 1. The van der Waals surface area contributed by atoms with Crippen LogP contribution in [-0.2, 0) is 36.4 Å². The van der Waals surface area contributed by atoms with Crippen LogP contribution in [0.4, 0.5) is 0 Å². The highest BCUT2D eigenvalue weighted by Gasteiger charge is 2.15. The van der Waals surface area contributed by atoms with Crippen molar-refractivity contribution in [3.05, 3.63) is 64.5 Å². The number of fused-ring (bicyclic) bond motifs is 1. The molecule has 2 aromatic carbocycles. The zero-order chi connectivity index (χ0) is 24.6. The third-order valence-corrected chi connectivity index (χ3v) is 7.73. The van der Waals surface area contributed by atoms with Gasteiger partial charge < -0.3 is 14.0 Å². The van der Waals surface area contributed by atoms with Crippen LogP contribution in [0.5, 0.6) is 0 Å². The Morgan fingerprint density at radius 2 is 1.88 bits per heavy atom. The van der Waals surface area contributed by atoms with Crippen LogP contribution in [0.15, 0.2) is 53.5 Å². The highest BCUT2D eigenvalue weighted by atomic mass is 32.2. The molecule has 0 aliphatic rings. The molecule has 0 radical (unpaired) electrons. The number of hydrogen-bond acceptors (Lipinski definition) is 7. The molecular weight excluding hydrogens is 476 g/mol. The third-order valence-electron chi connectivity index (χ3n) is 5.01. The summed E-state index contributed by atoms with van der Waals surface area (Å²) in [5.41, 5.74) is 1.98. The van der Waals surface area contributed by atoms with Gasteiger partial charge in [0.1, 0.15) is 0 Å². The van der Waals surface area contributed by atoms with Gasteiger partial charge in [0.2, 0.25) is 5.91 Å². The molecule has 0 bridgehead atoms. The van der Waals surface area contributed by atoms with E-state index in [-0.39, 0.29) is 31.0 Å². The smallest absolute Gasteiger partial charge is 0.338 e. The van der Waals surface area contributed by atoms with Gasteiger partial charge in [-0.25, -0.2) is 13.2 Å². The zero-order valence-corrected chi connectivity index (χ0v) is 20.9. The molecule has 0 saturated heterocycles. The molecule has 0 aliphatic carbocycles. The summed E-state index contributed by atoms with van der Waals surface area (Å²) in [5, 5.41) is 0. The monoisotopic (exact) mass is 504 g/mol. The lowest BCUT2D eigenvalue weighted by atomic mass is 10.2. The number of benzene rings is 2. The van der Waals surface area contributed by atoms with E-state index in [1.165, 1.54) is 11.3 Å². The number of nitrogens with zero attached hydrogens (tertiary/aromatic N) is 2. The second-order valence-corrected chi connectivity index (χ2v) is 10.8. The Labute approximate surface area is 202 Å². The summed E-state index contributed by atoms with van der Waals surface area (Å²) in [4.78, 5) is 29.3. The van der Waals surface area contributed by atoms with E-state index in [4.69, 9.17) is 9.47 Å². The van der Waals surface area contributed by atoms with Crippen molar-refractivity contribution in [3.8, 4) is 0 Å². The largest absolute Gasteiger partial charge is 0.462 e. The van der Waals surface area contributed by atoms with Gasteiger partial charge in [0.15, 0.2) is 14.6 Å². The predicted molar refractivity (Wildman–Crippen MR) is 131 cm³/mol. The second kappa shape index (κ2) is 12.0. The first kappa shape index (κ1) is 25.8. The van der Waals surface area contributed by atoms with Crippen LogP contribution in [0, 0.1) is 0 Å². The fraction of sp³-hybridized carbons (Fsp3) is 0.375. The van der Waals surface area contributed by atoms with E-state index in [2.05, 4.69) is 4.99 Å². The second-order valence-electron chi connectivity index (χ2n) is 7.62. The van der Waals surface area contributed by atoms with Crippen LogP contribution in [0.3, 0.4) is 0 Å². The number of carbonyl (C=O) groups is 2. The number of methoxy groups -OCH3 is 1. The number of thiazole rings is 1. The van der Waals surface area contributed by atoms with E-state index in [0.717, 1.165) is 15.8 Å². The van der Waals surface area contributed by atoms with E-state index in [1.54, 1.807) is 56.5 Å². The van der Waals surface area contributed by atoms with Gasteiger partial charge in [-0.05, 0) is 37.1 Å².